The molecule has 7 heteroatoms. The Balaban J connectivity index is 1.95. The average Bonchev–Trinajstić information content (AvgIpc) is 2.92. The Hall–Kier alpha value is -2.15. The number of nitrogens with one attached hydrogen (secondary N) is 2. The van der Waals surface area contributed by atoms with Gasteiger partial charge in [-0.25, -0.2) is 9.37 Å². The summed E-state index contributed by atoms with van der Waals surface area (Å²) in [5, 5.41) is 10.0. The lowest BCUT2D eigenvalue weighted by Crippen LogP contribution is -2.44. The van der Waals surface area contributed by atoms with Gasteiger partial charge in [-0.1, -0.05) is 30.0 Å². The largest absolute Gasteiger partial charge is 0.351 e. The highest BCUT2D eigenvalue weighted by Crippen LogP contribution is 2.20. The molecule has 1 amide bonds. The molecule has 1 atom stereocenters. The van der Waals surface area contributed by atoms with Gasteiger partial charge < -0.3 is 5.32 Å². The number of thioether (sulfide) groups is 1. The van der Waals surface area contributed by atoms with Crippen molar-refractivity contribution in [3.8, 4) is 0 Å². The SMILES string of the molecule is C[C@@H](Sc1n[nH]c(/C=C/c2ccc(F)cc2)n1)C(=O)NC(C)(C)C. The van der Waals surface area contributed by atoms with Gasteiger partial charge in [0.2, 0.25) is 11.1 Å². The van der Waals surface area contributed by atoms with Crippen LogP contribution in [0.3, 0.4) is 0 Å². The fraction of sp³-hybridized carbons (Fsp3) is 0.353. The highest BCUT2D eigenvalue weighted by Gasteiger charge is 2.21. The van der Waals surface area contributed by atoms with Crippen molar-refractivity contribution in [2.75, 3.05) is 0 Å². The summed E-state index contributed by atoms with van der Waals surface area (Å²) >= 11 is 1.29. The third-order valence-electron chi connectivity index (χ3n) is 2.94. The molecular formula is C17H21FN4OS. The molecule has 1 aromatic carbocycles. The first kappa shape index (κ1) is 18.2. The van der Waals surface area contributed by atoms with Crippen LogP contribution < -0.4 is 5.32 Å². The Morgan fingerprint density at radius 3 is 2.58 bits per heavy atom. The van der Waals surface area contributed by atoms with Crippen molar-refractivity contribution in [1.29, 1.82) is 0 Å². The van der Waals surface area contributed by atoms with Gasteiger partial charge in [-0.3, -0.25) is 9.89 Å². The molecule has 0 aliphatic heterocycles. The number of hydrogen-bond donors (Lipinski definition) is 2. The number of carbonyl (C=O) groups is 1. The fourth-order valence-electron chi connectivity index (χ4n) is 1.82. The van der Waals surface area contributed by atoms with Gasteiger partial charge in [0.15, 0.2) is 0 Å². The fourth-order valence-corrected chi connectivity index (χ4v) is 2.55. The molecule has 0 aliphatic rings. The van der Waals surface area contributed by atoms with Gasteiger partial charge in [0, 0.05) is 5.54 Å². The third-order valence-corrected chi connectivity index (χ3v) is 3.90. The minimum atomic E-state index is -0.297. The van der Waals surface area contributed by atoms with E-state index in [1.54, 1.807) is 18.2 Å². The number of hydrogen-bond acceptors (Lipinski definition) is 4. The Morgan fingerprint density at radius 1 is 1.29 bits per heavy atom. The van der Waals surface area contributed by atoms with Crippen LogP contribution in [0.2, 0.25) is 0 Å². The minimum absolute atomic E-state index is 0.0549. The number of amides is 1. The zero-order chi connectivity index (χ0) is 17.7. The summed E-state index contributed by atoms with van der Waals surface area (Å²) in [6.45, 7) is 7.63. The number of carbonyl (C=O) groups excluding carboxylic acids is 1. The van der Waals surface area contributed by atoms with E-state index in [1.807, 2.05) is 33.8 Å². The molecule has 0 spiro atoms. The number of halogens is 1. The van der Waals surface area contributed by atoms with Crippen LogP contribution in [0.15, 0.2) is 29.4 Å². The Bertz CT molecular complexity index is 719. The molecule has 2 rings (SSSR count). The molecule has 0 saturated carbocycles. The molecule has 24 heavy (non-hydrogen) atoms. The van der Waals surface area contributed by atoms with E-state index in [4.69, 9.17) is 0 Å². The predicted molar refractivity (Wildman–Crippen MR) is 94.9 cm³/mol. The third kappa shape index (κ3) is 5.81. The van der Waals surface area contributed by atoms with Gasteiger partial charge in [0.05, 0.1) is 5.25 Å². The zero-order valence-corrected chi connectivity index (χ0v) is 14.9. The van der Waals surface area contributed by atoms with Gasteiger partial charge in [-0.05, 0) is 51.5 Å². The van der Waals surface area contributed by atoms with Gasteiger partial charge in [0.1, 0.15) is 11.6 Å². The lowest BCUT2D eigenvalue weighted by molar-refractivity contribution is -0.121. The van der Waals surface area contributed by atoms with E-state index in [1.165, 1.54) is 23.9 Å². The molecule has 2 aromatic rings. The first-order valence-corrected chi connectivity index (χ1v) is 8.46. The Kier molecular flexibility index (Phi) is 5.77. The Morgan fingerprint density at radius 2 is 1.96 bits per heavy atom. The van der Waals surface area contributed by atoms with Crippen LogP contribution in [0, 0.1) is 5.82 Å². The van der Waals surface area contributed by atoms with Crippen LogP contribution >= 0.6 is 11.8 Å². The highest BCUT2D eigenvalue weighted by atomic mass is 32.2. The van der Waals surface area contributed by atoms with Crippen LogP contribution in [0.4, 0.5) is 4.39 Å². The van der Waals surface area contributed by atoms with Gasteiger partial charge in [-0.15, -0.1) is 5.10 Å². The van der Waals surface area contributed by atoms with Crippen LogP contribution in [0.25, 0.3) is 12.2 Å². The summed E-state index contributed by atoms with van der Waals surface area (Å²) in [4.78, 5) is 16.4. The first-order valence-electron chi connectivity index (χ1n) is 7.58. The van der Waals surface area contributed by atoms with Crippen LogP contribution in [0.5, 0.6) is 0 Å². The highest BCUT2D eigenvalue weighted by molar-refractivity contribution is 8.00. The number of H-pyrrole nitrogens is 1. The number of benzene rings is 1. The molecule has 0 radical (unpaired) electrons. The average molecular weight is 348 g/mol. The molecule has 5 nitrogen and oxygen atoms in total. The second kappa shape index (κ2) is 7.61. The molecule has 0 bridgehead atoms. The predicted octanol–water partition coefficient (Wildman–Crippen LogP) is 3.51. The summed E-state index contributed by atoms with van der Waals surface area (Å²) in [6.07, 6.45) is 3.56. The van der Waals surface area contributed by atoms with E-state index in [0.29, 0.717) is 11.0 Å². The maximum atomic E-state index is 12.9. The number of nitrogens with zero attached hydrogens (tertiary/aromatic N) is 2. The number of rotatable bonds is 5. The maximum absolute atomic E-state index is 12.9. The smallest absolute Gasteiger partial charge is 0.233 e. The molecule has 2 N–H and O–H groups in total. The molecule has 1 aromatic heterocycles. The van der Waals surface area contributed by atoms with Crippen molar-refractivity contribution in [3.63, 3.8) is 0 Å². The molecule has 0 fully saturated rings. The summed E-state index contributed by atoms with van der Waals surface area (Å²) in [5.74, 6) is 0.249. The molecule has 1 heterocycles. The van der Waals surface area contributed by atoms with Gasteiger partial charge >= 0.3 is 0 Å². The first-order chi connectivity index (χ1) is 11.2. The lowest BCUT2D eigenvalue weighted by Gasteiger charge is -2.22. The molecule has 128 valence electrons. The molecule has 0 saturated heterocycles. The summed E-state index contributed by atoms with van der Waals surface area (Å²) < 4.78 is 12.9. The van der Waals surface area contributed by atoms with Gasteiger partial charge in [0.25, 0.3) is 0 Å². The topological polar surface area (TPSA) is 70.7 Å². The second-order valence-corrected chi connectivity index (χ2v) is 7.70. The molecule has 0 unspecified atom stereocenters. The van der Waals surface area contributed by atoms with Crippen LogP contribution in [-0.4, -0.2) is 31.9 Å². The van der Waals surface area contributed by atoms with E-state index < -0.39 is 0 Å². The van der Waals surface area contributed by atoms with E-state index in [2.05, 4.69) is 20.5 Å². The van der Waals surface area contributed by atoms with E-state index >= 15 is 0 Å². The lowest BCUT2D eigenvalue weighted by atomic mass is 10.1. The van der Waals surface area contributed by atoms with Crippen molar-refractivity contribution in [3.05, 3.63) is 41.5 Å². The van der Waals surface area contributed by atoms with Crippen molar-refractivity contribution in [2.24, 2.45) is 0 Å². The number of aromatic nitrogens is 3. The summed E-state index contributed by atoms with van der Waals surface area (Å²) in [5.41, 5.74) is 0.591. The minimum Gasteiger partial charge on any atom is -0.351 e. The zero-order valence-electron chi connectivity index (χ0n) is 14.1. The van der Waals surface area contributed by atoms with Crippen molar-refractivity contribution < 1.29 is 9.18 Å². The molecular weight excluding hydrogens is 327 g/mol. The van der Waals surface area contributed by atoms with Crippen molar-refractivity contribution >= 4 is 29.8 Å². The van der Waals surface area contributed by atoms with E-state index in [0.717, 1.165) is 5.56 Å². The number of aromatic amines is 1. The van der Waals surface area contributed by atoms with E-state index in [-0.39, 0.29) is 22.5 Å². The second-order valence-electron chi connectivity index (χ2n) is 6.39. The van der Waals surface area contributed by atoms with E-state index in [9.17, 15) is 9.18 Å². The van der Waals surface area contributed by atoms with Crippen LogP contribution in [0.1, 0.15) is 39.1 Å². The van der Waals surface area contributed by atoms with Crippen LogP contribution in [-0.2, 0) is 4.79 Å². The summed E-state index contributed by atoms with van der Waals surface area (Å²) in [7, 11) is 0. The standard InChI is InChI=1S/C17H21FN4OS/c1-11(15(23)20-17(2,3)4)24-16-19-14(21-22-16)10-7-12-5-8-13(18)9-6-12/h5-11H,1-4H3,(H,20,23)(H,19,21,22)/b10-7+/t11-/m1/s1. The normalized spacial score (nSPS) is 13.2. The summed E-state index contributed by atoms with van der Waals surface area (Å²) in [6, 6.07) is 6.15. The van der Waals surface area contributed by atoms with Crippen molar-refractivity contribution in [2.45, 2.75) is 43.6 Å². The maximum Gasteiger partial charge on any atom is 0.233 e. The molecule has 0 aliphatic carbocycles. The Labute approximate surface area is 145 Å². The quantitative estimate of drug-likeness (QED) is 0.811. The monoisotopic (exact) mass is 348 g/mol. The van der Waals surface area contributed by atoms with Gasteiger partial charge in [-0.2, -0.15) is 0 Å². The van der Waals surface area contributed by atoms with Crippen molar-refractivity contribution in [1.82, 2.24) is 20.5 Å².